The molecule has 0 unspecified atom stereocenters. The summed E-state index contributed by atoms with van der Waals surface area (Å²) in [6.07, 6.45) is 2.98. The molecule has 0 saturated carbocycles. The summed E-state index contributed by atoms with van der Waals surface area (Å²) >= 11 is 0. The number of rotatable bonds is 17. The Morgan fingerprint density at radius 3 is 2.44 bits per heavy atom. The number of nitrogens with zero attached hydrogens (tertiary/aromatic N) is 1. The van der Waals surface area contributed by atoms with Gasteiger partial charge in [-0.25, -0.2) is 0 Å². The van der Waals surface area contributed by atoms with Gasteiger partial charge in [0.25, 0.3) is 0 Å². The Bertz CT molecular complexity index is 1250. The van der Waals surface area contributed by atoms with Crippen molar-refractivity contribution in [2.24, 2.45) is 0 Å². The Kier molecular flexibility index (Phi) is 13.3. The minimum atomic E-state index is 0.0247. The first-order chi connectivity index (χ1) is 21.1. The molecule has 1 N–H and O–H groups in total. The number of anilines is 1. The van der Waals surface area contributed by atoms with Crippen molar-refractivity contribution in [3.05, 3.63) is 89.5 Å². The lowest BCUT2D eigenvalue weighted by Gasteiger charge is -2.33. The van der Waals surface area contributed by atoms with Crippen LogP contribution in [0.3, 0.4) is 0 Å². The lowest BCUT2D eigenvalue weighted by Crippen LogP contribution is -2.41. The van der Waals surface area contributed by atoms with E-state index in [1.165, 1.54) is 5.56 Å². The molecule has 1 heterocycles. The van der Waals surface area contributed by atoms with Crippen molar-refractivity contribution in [3.8, 4) is 11.5 Å². The molecule has 3 aromatic rings. The highest BCUT2D eigenvalue weighted by Crippen LogP contribution is 2.31. The molecular weight excluding hydrogens is 544 g/mol. The molecule has 1 aliphatic rings. The van der Waals surface area contributed by atoms with Crippen LogP contribution in [0.25, 0.3) is 0 Å². The number of ether oxygens (including phenoxy) is 5. The normalized spacial score (nSPS) is 16.5. The van der Waals surface area contributed by atoms with Gasteiger partial charge < -0.3 is 33.9 Å². The number of hydrogen-bond donors (Lipinski definition) is 1. The molecule has 4 rings (SSSR count). The standard InChI is InChI=1S/C35H46N2O6/c1-37(35(38)14-8-21-39-2)32-12-6-4-10-28(32)26-43-34-24-36-20-19-31(34)27-15-17-30(18-16-27)42-23-9-22-41-25-29-11-5-7-13-33(29)40-3/h4-7,10-13,15-18,31,34,36H,8-9,14,19-26H2,1-3H3/t31-,34+/m1/s1. The molecule has 232 valence electrons. The van der Waals surface area contributed by atoms with Crippen LogP contribution < -0.4 is 19.7 Å². The molecule has 43 heavy (non-hydrogen) atoms. The van der Waals surface area contributed by atoms with Gasteiger partial charge in [-0.2, -0.15) is 0 Å². The Labute approximate surface area is 256 Å². The second-order valence-corrected chi connectivity index (χ2v) is 10.8. The lowest BCUT2D eigenvalue weighted by atomic mass is 9.87. The fourth-order valence-electron chi connectivity index (χ4n) is 5.38. The Balaban J connectivity index is 1.25. The van der Waals surface area contributed by atoms with Crippen molar-refractivity contribution in [3.63, 3.8) is 0 Å². The summed E-state index contributed by atoms with van der Waals surface area (Å²) in [5, 5.41) is 3.48. The molecule has 1 amide bonds. The molecule has 0 spiro atoms. The van der Waals surface area contributed by atoms with Crippen molar-refractivity contribution in [1.29, 1.82) is 0 Å². The smallest absolute Gasteiger partial charge is 0.226 e. The highest BCUT2D eigenvalue weighted by molar-refractivity contribution is 5.93. The van der Waals surface area contributed by atoms with E-state index in [4.69, 9.17) is 23.7 Å². The molecule has 2 atom stereocenters. The highest BCUT2D eigenvalue weighted by atomic mass is 16.5. The number of para-hydroxylation sites is 2. The van der Waals surface area contributed by atoms with Gasteiger partial charge in [0, 0.05) is 62.9 Å². The van der Waals surface area contributed by atoms with Gasteiger partial charge in [0.15, 0.2) is 0 Å². The van der Waals surface area contributed by atoms with Crippen molar-refractivity contribution < 1.29 is 28.5 Å². The number of methoxy groups -OCH3 is 2. The Hall–Kier alpha value is -3.43. The Morgan fingerprint density at radius 2 is 1.65 bits per heavy atom. The zero-order valence-corrected chi connectivity index (χ0v) is 25.8. The third kappa shape index (κ3) is 9.79. The van der Waals surface area contributed by atoms with E-state index in [0.29, 0.717) is 45.9 Å². The second kappa shape index (κ2) is 17.6. The predicted molar refractivity (Wildman–Crippen MR) is 169 cm³/mol. The van der Waals surface area contributed by atoms with Gasteiger partial charge >= 0.3 is 0 Å². The van der Waals surface area contributed by atoms with Crippen molar-refractivity contribution >= 4 is 11.6 Å². The molecule has 8 nitrogen and oxygen atoms in total. The molecule has 0 aliphatic carbocycles. The topological polar surface area (TPSA) is 78.5 Å². The van der Waals surface area contributed by atoms with Gasteiger partial charge in [-0.3, -0.25) is 4.79 Å². The third-order valence-corrected chi connectivity index (χ3v) is 7.81. The van der Waals surface area contributed by atoms with Crippen LogP contribution >= 0.6 is 0 Å². The van der Waals surface area contributed by atoms with Crippen molar-refractivity contribution in [1.82, 2.24) is 5.32 Å². The summed E-state index contributed by atoms with van der Waals surface area (Å²) in [6, 6.07) is 24.3. The van der Waals surface area contributed by atoms with Gasteiger partial charge in [-0.15, -0.1) is 0 Å². The Morgan fingerprint density at radius 1 is 0.884 bits per heavy atom. The van der Waals surface area contributed by atoms with Gasteiger partial charge in [-0.05, 0) is 49.2 Å². The minimum Gasteiger partial charge on any atom is -0.496 e. The van der Waals surface area contributed by atoms with Crippen LogP contribution in [0.15, 0.2) is 72.8 Å². The van der Waals surface area contributed by atoms with E-state index >= 15 is 0 Å². The van der Waals surface area contributed by atoms with Crippen LogP contribution in [0, 0.1) is 0 Å². The molecule has 3 aromatic carbocycles. The van der Waals surface area contributed by atoms with E-state index < -0.39 is 0 Å². The maximum Gasteiger partial charge on any atom is 0.226 e. The zero-order valence-electron chi connectivity index (χ0n) is 25.8. The summed E-state index contributed by atoms with van der Waals surface area (Å²) in [6.45, 7) is 4.48. The highest BCUT2D eigenvalue weighted by Gasteiger charge is 2.27. The average molecular weight is 591 g/mol. The number of amides is 1. The monoisotopic (exact) mass is 590 g/mol. The summed E-state index contributed by atoms with van der Waals surface area (Å²) in [5.41, 5.74) is 4.18. The molecule has 0 radical (unpaired) electrons. The first-order valence-corrected chi connectivity index (χ1v) is 15.2. The molecule has 0 aromatic heterocycles. The number of piperidine rings is 1. The van der Waals surface area contributed by atoms with Gasteiger partial charge in [0.1, 0.15) is 11.5 Å². The first kappa shape index (κ1) is 32.5. The summed E-state index contributed by atoms with van der Waals surface area (Å²) in [4.78, 5) is 14.5. The van der Waals surface area contributed by atoms with E-state index in [2.05, 4.69) is 17.4 Å². The largest absolute Gasteiger partial charge is 0.496 e. The number of nitrogens with one attached hydrogen (secondary N) is 1. The molecular formula is C35H46N2O6. The number of carbonyl (C=O) groups excluding carboxylic acids is 1. The van der Waals surface area contributed by atoms with Crippen LogP contribution in [0.4, 0.5) is 5.69 Å². The average Bonchev–Trinajstić information content (AvgIpc) is 3.06. The first-order valence-electron chi connectivity index (χ1n) is 15.2. The summed E-state index contributed by atoms with van der Waals surface area (Å²) < 4.78 is 28.8. The number of benzene rings is 3. The van der Waals surface area contributed by atoms with Gasteiger partial charge in [0.05, 0.1) is 39.6 Å². The van der Waals surface area contributed by atoms with E-state index in [9.17, 15) is 4.79 Å². The SMILES string of the molecule is COCCCC(=O)N(C)c1ccccc1CO[C@H]1CNCC[C@@H]1c1ccc(OCCCOCc2ccccc2OC)cc1. The maximum atomic E-state index is 12.7. The predicted octanol–water partition coefficient (Wildman–Crippen LogP) is 5.73. The molecule has 0 bridgehead atoms. The molecule has 1 aliphatic heterocycles. The van der Waals surface area contributed by atoms with Crippen molar-refractivity contribution in [2.45, 2.75) is 50.9 Å². The fourth-order valence-corrected chi connectivity index (χ4v) is 5.38. The van der Waals surface area contributed by atoms with Crippen LogP contribution in [0.1, 0.15) is 48.3 Å². The van der Waals surface area contributed by atoms with Crippen LogP contribution in [0.5, 0.6) is 11.5 Å². The summed E-state index contributed by atoms with van der Waals surface area (Å²) in [7, 11) is 5.16. The minimum absolute atomic E-state index is 0.0247. The summed E-state index contributed by atoms with van der Waals surface area (Å²) in [5.74, 6) is 2.05. The van der Waals surface area contributed by atoms with E-state index in [-0.39, 0.29) is 17.9 Å². The van der Waals surface area contributed by atoms with E-state index in [0.717, 1.165) is 54.2 Å². The number of hydrogen-bond acceptors (Lipinski definition) is 7. The van der Waals surface area contributed by atoms with E-state index in [1.54, 1.807) is 19.1 Å². The molecule has 1 fully saturated rings. The zero-order chi connectivity index (χ0) is 30.3. The molecule has 1 saturated heterocycles. The molecule has 8 heteroatoms. The van der Waals surface area contributed by atoms with Crippen molar-refractivity contribution in [2.75, 3.05) is 59.1 Å². The lowest BCUT2D eigenvalue weighted by molar-refractivity contribution is -0.118. The maximum absolute atomic E-state index is 12.7. The van der Waals surface area contributed by atoms with Crippen LogP contribution in [-0.2, 0) is 32.2 Å². The quantitative estimate of drug-likeness (QED) is 0.201. The second-order valence-electron chi connectivity index (χ2n) is 10.8. The van der Waals surface area contributed by atoms with Crippen LogP contribution in [0.2, 0.25) is 0 Å². The van der Waals surface area contributed by atoms with Crippen LogP contribution in [-0.4, -0.2) is 66.2 Å². The van der Waals surface area contributed by atoms with Gasteiger partial charge in [-0.1, -0.05) is 48.5 Å². The fraction of sp³-hybridized carbons (Fsp3) is 0.457. The van der Waals surface area contributed by atoms with Gasteiger partial charge in [0.2, 0.25) is 5.91 Å². The third-order valence-electron chi connectivity index (χ3n) is 7.81. The number of carbonyl (C=O) groups is 1. The van der Waals surface area contributed by atoms with E-state index in [1.807, 2.05) is 67.7 Å².